The number of thiophene rings is 1. The third kappa shape index (κ3) is 3.89. The number of imidazole rings is 1. The molecule has 4 nitrogen and oxygen atoms in total. The highest BCUT2D eigenvalue weighted by Gasteiger charge is 2.21. The molecule has 1 N–H and O–H groups in total. The predicted molar refractivity (Wildman–Crippen MR) is 92.2 cm³/mol. The normalized spacial score (nSPS) is 12.1. The fraction of sp³-hybridized carbons (Fsp3) is 0.222. The van der Waals surface area contributed by atoms with Crippen LogP contribution in [0.25, 0.3) is 0 Å². The van der Waals surface area contributed by atoms with Crippen LogP contribution in [0.5, 0.6) is 0 Å². The lowest BCUT2D eigenvalue weighted by molar-refractivity contribution is -0.121. The number of rotatable bonds is 6. The molecule has 0 bridgehead atoms. The summed E-state index contributed by atoms with van der Waals surface area (Å²) in [7, 11) is 1.85. The fourth-order valence-corrected chi connectivity index (χ4v) is 3.27. The standard InChI is InChI=1S/C18H18FN3OS/c1-22-10-9-20-18(22)17(13-4-2-5-14(19)12-13)21-16(23)8-7-15-6-3-11-24-15/h2-6,9-12,17H,7-8H2,1H3,(H,21,23). The van der Waals surface area contributed by atoms with Gasteiger partial charge in [0.05, 0.1) is 0 Å². The van der Waals surface area contributed by atoms with Gasteiger partial charge in [-0.1, -0.05) is 18.2 Å². The number of nitrogens with one attached hydrogen (secondary N) is 1. The Balaban J connectivity index is 1.77. The van der Waals surface area contributed by atoms with Crippen molar-refractivity contribution in [3.8, 4) is 0 Å². The summed E-state index contributed by atoms with van der Waals surface area (Å²) in [6.07, 6.45) is 4.55. The smallest absolute Gasteiger partial charge is 0.221 e. The van der Waals surface area contributed by atoms with Crippen molar-refractivity contribution in [2.75, 3.05) is 0 Å². The molecular formula is C18H18FN3OS. The van der Waals surface area contributed by atoms with E-state index in [4.69, 9.17) is 0 Å². The molecule has 24 heavy (non-hydrogen) atoms. The van der Waals surface area contributed by atoms with Gasteiger partial charge in [-0.2, -0.15) is 0 Å². The predicted octanol–water partition coefficient (Wildman–Crippen LogP) is 3.46. The summed E-state index contributed by atoms with van der Waals surface area (Å²) in [6.45, 7) is 0. The minimum atomic E-state index is -0.475. The van der Waals surface area contributed by atoms with Crippen molar-refractivity contribution in [3.63, 3.8) is 0 Å². The first-order chi connectivity index (χ1) is 11.6. The molecule has 0 spiro atoms. The molecule has 2 aromatic heterocycles. The van der Waals surface area contributed by atoms with Gasteiger partial charge in [-0.3, -0.25) is 4.79 Å². The number of carbonyl (C=O) groups is 1. The Morgan fingerprint density at radius 2 is 2.25 bits per heavy atom. The van der Waals surface area contributed by atoms with Crippen LogP contribution in [-0.2, 0) is 18.3 Å². The minimum absolute atomic E-state index is 0.0827. The summed E-state index contributed by atoms with van der Waals surface area (Å²) in [5.74, 6) is 0.255. The maximum Gasteiger partial charge on any atom is 0.221 e. The van der Waals surface area contributed by atoms with Crippen molar-refractivity contribution in [2.24, 2.45) is 7.05 Å². The van der Waals surface area contributed by atoms with Crippen LogP contribution in [-0.4, -0.2) is 15.5 Å². The molecule has 1 atom stereocenters. The van der Waals surface area contributed by atoms with E-state index in [0.29, 0.717) is 24.2 Å². The summed E-state index contributed by atoms with van der Waals surface area (Å²) < 4.78 is 15.4. The Kier molecular flexibility index (Phi) is 5.05. The molecule has 0 saturated heterocycles. The minimum Gasteiger partial charge on any atom is -0.342 e. The molecule has 2 heterocycles. The van der Waals surface area contributed by atoms with Gasteiger partial charge in [-0.25, -0.2) is 9.37 Å². The van der Waals surface area contributed by atoms with Crippen LogP contribution in [0.15, 0.2) is 54.2 Å². The lowest BCUT2D eigenvalue weighted by atomic mass is 10.1. The average Bonchev–Trinajstić information content (AvgIpc) is 3.22. The zero-order valence-electron chi connectivity index (χ0n) is 13.3. The van der Waals surface area contributed by atoms with E-state index < -0.39 is 6.04 Å². The second kappa shape index (κ2) is 7.40. The quantitative estimate of drug-likeness (QED) is 0.745. The van der Waals surface area contributed by atoms with Crippen LogP contribution in [0.4, 0.5) is 4.39 Å². The van der Waals surface area contributed by atoms with Gasteiger partial charge in [0, 0.05) is 30.7 Å². The summed E-state index contributed by atoms with van der Waals surface area (Å²) in [5.41, 5.74) is 0.675. The third-order valence-corrected chi connectivity index (χ3v) is 4.72. The SMILES string of the molecule is Cn1ccnc1C(NC(=O)CCc1cccs1)c1cccc(F)c1. The Bertz CT molecular complexity index is 813. The van der Waals surface area contributed by atoms with Crippen molar-refractivity contribution in [1.82, 2.24) is 14.9 Å². The number of aromatic nitrogens is 2. The van der Waals surface area contributed by atoms with Gasteiger partial charge in [-0.05, 0) is 35.6 Å². The molecule has 6 heteroatoms. The van der Waals surface area contributed by atoms with Crippen LogP contribution in [0, 0.1) is 5.82 Å². The maximum absolute atomic E-state index is 13.6. The Hall–Kier alpha value is -2.47. The van der Waals surface area contributed by atoms with Crippen LogP contribution >= 0.6 is 11.3 Å². The summed E-state index contributed by atoms with van der Waals surface area (Å²) in [5, 5.41) is 4.98. The van der Waals surface area contributed by atoms with Crippen molar-refractivity contribution in [3.05, 3.63) is 76.3 Å². The molecule has 1 unspecified atom stereocenters. The zero-order chi connectivity index (χ0) is 16.9. The average molecular weight is 343 g/mol. The number of carbonyl (C=O) groups excluding carboxylic acids is 1. The maximum atomic E-state index is 13.6. The zero-order valence-corrected chi connectivity index (χ0v) is 14.1. The van der Waals surface area contributed by atoms with E-state index in [0.717, 1.165) is 0 Å². The highest BCUT2D eigenvalue weighted by Crippen LogP contribution is 2.21. The lowest BCUT2D eigenvalue weighted by Gasteiger charge is -2.19. The second-order valence-electron chi connectivity index (χ2n) is 5.53. The summed E-state index contributed by atoms with van der Waals surface area (Å²) in [6, 6.07) is 9.76. The van der Waals surface area contributed by atoms with E-state index in [9.17, 15) is 9.18 Å². The van der Waals surface area contributed by atoms with E-state index >= 15 is 0 Å². The third-order valence-electron chi connectivity index (χ3n) is 3.78. The van der Waals surface area contributed by atoms with Gasteiger partial charge in [-0.15, -0.1) is 11.3 Å². The molecular weight excluding hydrogens is 325 g/mol. The van der Waals surface area contributed by atoms with Crippen LogP contribution in [0.1, 0.15) is 28.7 Å². The van der Waals surface area contributed by atoms with E-state index in [1.807, 2.05) is 29.1 Å². The van der Waals surface area contributed by atoms with Gasteiger partial charge in [0.25, 0.3) is 0 Å². The summed E-state index contributed by atoms with van der Waals surface area (Å²) >= 11 is 1.64. The molecule has 0 aliphatic carbocycles. The summed E-state index contributed by atoms with van der Waals surface area (Å²) in [4.78, 5) is 17.9. The Morgan fingerprint density at radius 3 is 2.92 bits per heavy atom. The van der Waals surface area contributed by atoms with Crippen molar-refractivity contribution in [2.45, 2.75) is 18.9 Å². The van der Waals surface area contributed by atoms with E-state index in [1.165, 1.54) is 17.0 Å². The molecule has 0 fully saturated rings. The van der Waals surface area contributed by atoms with Crippen LogP contribution in [0.3, 0.4) is 0 Å². The molecule has 3 aromatic rings. The molecule has 1 aromatic carbocycles. The number of halogens is 1. The van der Waals surface area contributed by atoms with Crippen molar-refractivity contribution in [1.29, 1.82) is 0 Å². The molecule has 3 rings (SSSR count). The Labute approximate surface area is 144 Å². The molecule has 1 amide bonds. The molecule has 0 saturated carbocycles. The fourth-order valence-electron chi connectivity index (χ4n) is 2.56. The van der Waals surface area contributed by atoms with E-state index in [-0.39, 0.29) is 11.7 Å². The van der Waals surface area contributed by atoms with E-state index in [2.05, 4.69) is 10.3 Å². The van der Waals surface area contributed by atoms with Gasteiger partial charge in [0.15, 0.2) is 0 Å². The topological polar surface area (TPSA) is 46.9 Å². The highest BCUT2D eigenvalue weighted by atomic mass is 32.1. The second-order valence-corrected chi connectivity index (χ2v) is 6.56. The van der Waals surface area contributed by atoms with Gasteiger partial charge in [0.2, 0.25) is 5.91 Å². The first-order valence-corrected chi connectivity index (χ1v) is 8.56. The van der Waals surface area contributed by atoms with E-state index in [1.54, 1.807) is 35.9 Å². The highest BCUT2D eigenvalue weighted by molar-refractivity contribution is 7.09. The number of amides is 1. The molecule has 124 valence electrons. The Morgan fingerprint density at radius 1 is 1.38 bits per heavy atom. The monoisotopic (exact) mass is 343 g/mol. The number of benzene rings is 1. The first kappa shape index (κ1) is 16.4. The van der Waals surface area contributed by atoms with Gasteiger partial charge < -0.3 is 9.88 Å². The van der Waals surface area contributed by atoms with Crippen LogP contribution in [0.2, 0.25) is 0 Å². The number of aryl methyl sites for hydroxylation is 2. The van der Waals surface area contributed by atoms with Gasteiger partial charge >= 0.3 is 0 Å². The van der Waals surface area contributed by atoms with Gasteiger partial charge in [0.1, 0.15) is 17.7 Å². The molecule has 0 aliphatic heterocycles. The largest absolute Gasteiger partial charge is 0.342 e. The van der Waals surface area contributed by atoms with Crippen molar-refractivity contribution < 1.29 is 9.18 Å². The number of hydrogen-bond acceptors (Lipinski definition) is 3. The molecule has 0 radical (unpaired) electrons. The number of nitrogens with zero attached hydrogens (tertiary/aromatic N) is 2. The lowest BCUT2D eigenvalue weighted by Crippen LogP contribution is -2.31. The van der Waals surface area contributed by atoms with Crippen molar-refractivity contribution >= 4 is 17.2 Å². The number of hydrogen-bond donors (Lipinski definition) is 1. The van der Waals surface area contributed by atoms with Crippen LogP contribution < -0.4 is 5.32 Å². The first-order valence-electron chi connectivity index (χ1n) is 7.68. The molecule has 0 aliphatic rings.